The van der Waals surface area contributed by atoms with Crippen molar-refractivity contribution in [3.05, 3.63) is 35.9 Å². The number of nitrogens with zero attached hydrogens (tertiary/aromatic N) is 1. The van der Waals surface area contributed by atoms with Gasteiger partial charge >= 0.3 is 13.6 Å². The van der Waals surface area contributed by atoms with Crippen LogP contribution in [-0.4, -0.2) is 31.1 Å². The minimum absolute atomic E-state index is 0.163. The highest BCUT2D eigenvalue weighted by Crippen LogP contribution is 2.51. The summed E-state index contributed by atoms with van der Waals surface area (Å²) < 4.78 is 24.6. The molecule has 0 radical (unpaired) electrons. The van der Waals surface area contributed by atoms with Gasteiger partial charge in [-0.05, 0) is 17.9 Å². The lowest BCUT2D eigenvalue weighted by molar-refractivity contribution is 0.119. The molecule has 1 atom stereocenters. The van der Waals surface area contributed by atoms with Crippen molar-refractivity contribution in [2.75, 3.05) is 20.3 Å². The van der Waals surface area contributed by atoms with Crippen LogP contribution in [0.5, 0.6) is 0 Å². The topological polar surface area (TPSA) is 55.8 Å². The molecule has 0 aliphatic heterocycles. The molecule has 5 nitrogen and oxygen atoms in total. The molecule has 1 saturated carbocycles. The monoisotopic (exact) mass is 353 g/mol. The molecule has 6 heteroatoms. The van der Waals surface area contributed by atoms with E-state index in [0.29, 0.717) is 12.1 Å². The summed E-state index contributed by atoms with van der Waals surface area (Å²) in [5.41, 5.74) is 0.897. The van der Waals surface area contributed by atoms with Gasteiger partial charge in [-0.1, -0.05) is 62.4 Å². The molecular weight excluding hydrogens is 325 g/mol. The first-order valence-corrected chi connectivity index (χ1v) is 10.4. The Hall–Kier alpha value is -1.32. The third-order valence-corrected chi connectivity index (χ3v) is 7.23. The Bertz CT molecular complexity index is 557. The number of carbonyl (C=O) groups excluding carboxylic acids is 1. The van der Waals surface area contributed by atoms with Crippen LogP contribution in [0, 0.1) is 5.92 Å². The Morgan fingerprint density at radius 3 is 2.50 bits per heavy atom. The maximum absolute atomic E-state index is 13.0. The largest absolute Gasteiger partial charge is 0.444 e. The quantitative estimate of drug-likeness (QED) is 0.643. The highest BCUT2D eigenvalue weighted by atomic mass is 31.2. The van der Waals surface area contributed by atoms with E-state index in [1.165, 1.54) is 46.3 Å². The second-order valence-electron chi connectivity index (χ2n) is 6.40. The highest BCUT2D eigenvalue weighted by molar-refractivity contribution is 7.57. The van der Waals surface area contributed by atoms with Crippen LogP contribution in [0.25, 0.3) is 0 Å². The summed E-state index contributed by atoms with van der Waals surface area (Å²) in [5, 5.41) is 0. The number of ether oxygens (including phenoxy) is 1. The summed E-state index contributed by atoms with van der Waals surface area (Å²) >= 11 is 0. The Balaban J connectivity index is 1.86. The van der Waals surface area contributed by atoms with E-state index in [9.17, 15) is 9.36 Å². The third-order valence-electron chi connectivity index (χ3n) is 4.76. The predicted molar refractivity (Wildman–Crippen MR) is 95.1 cm³/mol. The van der Waals surface area contributed by atoms with E-state index in [2.05, 4.69) is 0 Å². The Labute approximate surface area is 144 Å². The molecule has 1 amide bonds. The van der Waals surface area contributed by atoms with E-state index in [1.54, 1.807) is 0 Å². The molecule has 1 aliphatic carbocycles. The molecule has 1 aliphatic rings. The lowest BCUT2D eigenvalue weighted by Crippen LogP contribution is -2.27. The summed E-state index contributed by atoms with van der Waals surface area (Å²) in [4.78, 5) is 12.2. The van der Waals surface area contributed by atoms with Crippen LogP contribution in [0.1, 0.15) is 44.1 Å². The average molecular weight is 353 g/mol. The summed E-state index contributed by atoms with van der Waals surface area (Å²) in [6.45, 7) is 0.163. The van der Waals surface area contributed by atoms with E-state index in [0.717, 1.165) is 16.7 Å². The first-order valence-electron chi connectivity index (χ1n) is 8.65. The fourth-order valence-electron chi connectivity index (χ4n) is 3.12. The molecule has 2 rings (SSSR count). The van der Waals surface area contributed by atoms with Crippen LogP contribution < -0.4 is 0 Å². The van der Waals surface area contributed by atoms with Crippen molar-refractivity contribution >= 4 is 13.6 Å². The molecule has 1 aromatic carbocycles. The summed E-state index contributed by atoms with van der Waals surface area (Å²) in [6.07, 6.45) is 6.79. The van der Waals surface area contributed by atoms with E-state index in [4.69, 9.17) is 9.26 Å². The van der Waals surface area contributed by atoms with E-state index >= 15 is 0 Å². The third kappa shape index (κ3) is 5.35. The predicted octanol–water partition coefficient (Wildman–Crippen LogP) is 5.06. The standard InChI is InChI=1S/C18H28NO4P/c1-19(18(20)23-15-17-11-7-4-8-12-17)24(21,22-2)14-13-16-9-5-3-6-10-16/h4,7-8,11-12,16H,3,5-6,9-10,13-15H2,1-2H3. The number of carbonyl (C=O) groups is 1. The minimum Gasteiger partial charge on any atom is -0.444 e. The molecule has 1 aromatic rings. The molecule has 0 N–H and O–H groups in total. The Morgan fingerprint density at radius 1 is 1.21 bits per heavy atom. The molecule has 134 valence electrons. The molecule has 0 bridgehead atoms. The van der Waals surface area contributed by atoms with Crippen LogP contribution in [0.3, 0.4) is 0 Å². The van der Waals surface area contributed by atoms with E-state index < -0.39 is 13.6 Å². The van der Waals surface area contributed by atoms with Crippen molar-refractivity contribution in [2.24, 2.45) is 5.92 Å². The molecular formula is C18H28NO4P. The van der Waals surface area contributed by atoms with Gasteiger partial charge in [0.25, 0.3) is 0 Å². The molecule has 0 saturated heterocycles. The van der Waals surface area contributed by atoms with Crippen LogP contribution >= 0.6 is 7.52 Å². The van der Waals surface area contributed by atoms with Crippen LogP contribution in [0.15, 0.2) is 30.3 Å². The van der Waals surface area contributed by atoms with Crippen molar-refractivity contribution < 1.29 is 18.6 Å². The van der Waals surface area contributed by atoms with Crippen molar-refractivity contribution in [1.29, 1.82) is 0 Å². The number of amides is 1. The van der Waals surface area contributed by atoms with Crippen molar-refractivity contribution in [3.63, 3.8) is 0 Å². The average Bonchev–Trinajstić information content (AvgIpc) is 2.65. The van der Waals surface area contributed by atoms with Gasteiger partial charge in [-0.3, -0.25) is 4.57 Å². The van der Waals surface area contributed by atoms with Crippen LogP contribution in [-0.2, 0) is 20.4 Å². The van der Waals surface area contributed by atoms with Gasteiger partial charge in [0, 0.05) is 20.3 Å². The molecule has 0 heterocycles. The number of benzene rings is 1. The molecule has 24 heavy (non-hydrogen) atoms. The van der Waals surface area contributed by atoms with Gasteiger partial charge in [0.1, 0.15) is 6.61 Å². The summed E-state index contributed by atoms with van der Waals surface area (Å²) in [5.74, 6) is 0.593. The second-order valence-corrected chi connectivity index (χ2v) is 9.09. The van der Waals surface area contributed by atoms with Crippen molar-refractivity contribution in [1.82, 2.24) is 4.67 Å². The zero-order chi connectivity index (χ0) is 17.4. The fraction of sp³-hybridized carbons (Fsp3) is 0.611. The SMILES string of the molecule is COP(=O)(CCC1CCCCC1)N(C)C(=O)OCc1ccccc1. The van der Waals surface area contributed by atoms with E-state index in [-0.39, 0.29) is 6.61 Å². The van der Waals surface area contributed by atoms with Gasteiger partial charge in [-0.2, -0.15) is 0 Å². The minimum atomic E-state index is -3.18. The molecule has 0 aromatic heterocycles. The van der Waals surface area contributed by atoms with Crippen molar-refractivity contribution in [2.45, 2.75) is 45.1 Å². The lowest BCUT2D eigenvalue weighted by atomic mass is 9.88. The van der Waals surface area contributed by atoms with Gasteiger partial charge in [-0.25, -0.2) is 9.46 Å². The first-order chi connectivity index (χ1) is 11.5. The zero-order valence-corrected chi connectivity index (χ0v) is 15.5. The zero-order valence-electron chi connectivity index (χ0n) is 14.6. The van der Waals surface area contributed by atoms with Gasteiger partial charge < -0.3 is 9.26 Å². The molecule has 1 unspecified atom stereocenters. The number of hydrogen-bond acceptors (Lipinski definition) is 4. The number of hydrogen-bond donors (Lipinski definition) is 0. The van der Waals surface area contributed by atoms with Gasteiger partial charge in [0.15, 0.2) is 0 Å². The highest BCUT2D eigenvalue weighted by Gasteiger charge is 2.33. The van der Waals surface area contributed by atoms with Crippen LogP contribution in [0.2, 0.25) is 0 Å². The Morgan fingerprint density at radius 2 is 1.88 bits per heavy atom. The van der Waals surface area contributed by atoms with Gasteiger partial charge in [-0.15, -0.1) is 0 Å². The fourth-order valence-corrected chi connectivity index (χ4v) is 4.85. The second kappa shape index (κ2) is 9.24. The van der Waals surface area contributed by atoms with E-state index in [1.807, 2.05) is 30.3 Å². The Kier molecular flexibility index (Phi) is 7.32. The van der Waals surface area contributed by atoms with Gasteiger partial charge in [0.05, 0.1) is 0 Å². The van der Waals surface area contributed by atoms with Crippen molar-refractivity contribution in [3.8, 4) is 0 Å². The number of rotatable bonds is 7. The maximum Gasteiger partial charge on any atom is 0.417 e. The summed E-state index contributed by atoms with van der Waals surface area (Å²) in [6, 6.07) is 9.44. The molecule has 0 spiro atoms. The van der Waals surface area contributed by atoms with Crippen LogP contribution in [0.4, 0.5) is 4.79 Å². The first kappa shape index (κ1) is 19.0. The lowest BCUT2D eigenvalue weighted by Gasteiger charge is -2.28. The van der Waals surface area contributed by atoms with Gasteiger partial charge in [0.2, 0.25) is 0 Å². The maximum atomic E-state index is 13.0. The smallest absolute Gasteiger partial charge is 0.417 e. The normalized spacial score (nSPS) is 17.9. The summed E-state index contributed by atoms with van der Waals surface area (Å²) in [7, 11) is -0.273. The molecule has 1 fully saturated rings.